The van der Waals surface area contributed by atoms with Crippen molar-refractivity contribution in [1.82, 2.24) is 10.3 Å². The molecule has 3 N–H and O–H groups in total. The van der Waals surface area contributed by atoms with Crippen molar-refractivity contribution >= 4 is 22.8 Å². The number of benzene rings is 1. The van der Waals surface area contributed by atoms with Crippen LogP contribution in [0.5, 0.6) is 5.75 Å². The van der Waals surface area contributed by atoms with E-state index in [1.165, 1.54) is 6.08 Å². The molecule has 0 aliphatic rings. The highest BCUT2D eigenvalue weighted by Gasteiger charge is 2.20. The predicted octanol–water partition coefficient (Wildman–Crippen LogP) is 1.49. The van der Waals surface area contributed by atoms with E-state index >= 15 is 0 Å². The summed E-state index contributed by atoms with van der Waals surface area (Å²) in [6, 6.07) is 4.41. The second-order valence-corrected chi connectivity index (χ2v) is 5.19. The lowest BCUT2D eigenvalue weighted by Crippen LogP contribution is -2.44. The van der Waals surface area contributed by atoms with Gasteiger partial charge in [-0.3, -0.25) is 4.79 Å². The summed E-state index contributed by atoms with van der Waals surface area (Å²) in [6.45, 7) is 3.59. The Bertz CT molecular complexity index is 738. The van der Waals surface area contributed by atoms with Crippen molar-refractivity contribution in [2.45, 2.75) is 12.5 Å². The van der Waals surface area contributed by atoms with Crippen molar-refractivity contribution in [3.8, 4) is 5.75 Å². The Labute approximate surface area is 139 Å². The predicted molar refractivity (Wildman–Crippen MR) is 89.1 cm³/mol. The zero-order chi connectivity index (χ0) is 17.5. The fourth-order valence-electron chi connectivity index (χ4n) is 2.29. The molecule has 1 unspecified atom stereocenters. The van der Waals surface area contributed by atoms with E-state index in [4.69, 9.17) is 14.6 Å². The Hall–Kier alpha value is -2.80. The zero-order valence-corrected chi connectivity index (χ0v) is 13.4. The minimum atomic E-state index is -1.15. The Morgan fingerprint density at radius 2 is 2.25 bits per heavy atom. The number of ether oxygens (including phenoxy) is 2. The van der Waals surface area contributed by atoms with Crippen LogP contribution in [-0.4, -0.2) is 48.3 Å². The second-order valence-electron chi connectivity index (χ2n) is 5.19. The molecular formula is C17H20N2O5. The third-order valence-electron chi connectivity index (χ3n) is 3.48. The van der Waals surface area contributed by atoms with E-state index < -0.39 is 17.9 Å². The molecule has 7 nitrogen and oxygen atoms in total. The van der Waals surface area contributed by atoms with Gasteiger partial charge < -0.3 is 24.9 Å². The molecule has 0 saturated carbocycles. The number of rotatable bonds is 9. The molecular weight excluding hydrogens is 312 g/mol. The van der Waals surface area contributed by atoms with E-state index in [9.17, 15) is 9.59 Å². The van der Waals surface area contributed by atoms with Gasteiger partial charge in [0.2, 0.25) is 5.91 Å². The lowest BCUT2D eigenvalue weighted by atomic mass is 10.1. The molecule has 24 heavy (non-hydrogen) atoms. The lowest BCUT2D eigenvalue weighted by molar-refractivity contribution is -0.143. The number of hydrogen-bond donors (Lipinski definition) is 3. The highest BCUT2D eigenvalue weighted by atomic mass is 16.5. The first-order valence-corrected chi connectivity index (χ1v) is 7.40. The van der Waals surface area contributed by atoms with Gasteiger partial charge in [-0.25, -0.2) is 4.79 Å². The second kappa shape index (κ2) is 8.16. The summed E-state index contributed by atoms with van der Waals surface area (Å²) in [5.41, 5.74) is 1.64. The van der Waals surface area contributed by atoms with Crippen molar-refractivity contribution in [1.29, 1.82) is 0 Å². The van der Waals surface area contributed by atoms with Crippen LogP contribution in [0.2, 0.25) is 0 Å². The molecule has 0 saturated heterocycles. The number of fused-ring (bicyclic) bond motifs is 1. The average molecular weight is 332 g/mol. The summed E-state index contributed by atoms with van der Waals surface area (Å²) in [7, 11) is 1.57. The summed E-state index contributed by atoms with van der Waals surface area (Å²) in [5.74, 6) is -0.855. The Morgan fingerprint density at radius 1 is 1.46 bits per heavy atom. The molecule has 1 heterocycles. The van der Waals surface area contributed by atoms with Gasteiger partial charge in [0.1, 0.15) is 5.75 Å². The van der Waals surface area contributed by atoms with E-state index in [0.29, 0.717) is 5.75 Å². The van der Waals surface area contributed by atoms with Crippen molar-refractivity contribution in [2.75, 3.05) is 20.3 Å². The summed E-state index contributed by atoms with van der Waals surface area (Å²) in [4.78, 5) is 26.4. The molecule has 0 aliphatic heterocycles. The van der Waals surface area contributed by atoms with Gasteiger partial charge in [0.25, 0.3) is 0 Å². The van der Waals surface area contributed by atoms with E-state index in [1.54, 1.807) is 13.3 Å². The topological polar surface area (TPSA) is 101 Å². The largest absolute Gasteiger partial charge is 0.497 e. The molecule has 1 aromatic carbocycles. The maximum atomic E-state index is 12.2. The number of carbonyl (C=O) groups excluding carboxylic acids is 1. The summed E-state index contributed by atoms with van der Waals surface area (Å²) in [5, 5.41) is 12.5. The third kappa shape index (κ3) is 4.36. The van der Waals surface area contributed by atoms with Crippen LogP contribution in [0.3, 0.4) is 0 Å². The van der Waals surface area contributed by atoms with Gasteiger partial charge in [0.05, 0.1) is 26.7 Å². The fraction of sp³-hybridized carbons (Fsp3) is 0.294. The molecule has 0 bridgehead atoms. The van der Waals surface area contributed by atoms with Crippen LogP contribution in [0, 0.1) is 0 Å². The zero-order valence-electron chi connectivity index (χ0n) is 13.4. The summed E-state index contributed by atoms with van der Waals surface area (Å²) < 4.78 is 10.3. The smallest absolute Gasteiger partial charge is 0.328 e. The van der Waals surface area contributed by atoms with Gasteiger partial charge in [-0.1, -0.05) is 6.08 Å². The monoisotopic (exact) mass is 332 g/mol. The minimum Gasteiger partial charge on any atom is -0.497 e. The number of aromatic nitrogens is 1. The number of carbonyl (C=O) groups is 2. The molecule has 1 amide bonds. The Balaban J connectivity index is 2.05. The van der Waals surface area contributed by atoms with Crippen LogP contribution in [0.4, 0.5) is 0 Å². The van der Waals surface area contributed by atoms with Gasteiger partial charge in [-0.2, -0.15) is 0 Å². The molecule has 7 heteroatoms. The highest BCUT2D eigenvalue weighted by Crippen LogP contribution is 2.23. The number of methoxy groups -OCH3 is 1. The number of aliphatic carboxylic acids is 1. The normalized spacial score (nSPS) is 11.9. The highest BCUT2D eigenvalue weighted by molar-refractivity contribution is 5.91. The van der Waals surface area contributed by atoms with Crippen LogP contribution >= 0.6 is 0 Å². The maximum absolute atomic E-state index is 12.2. The van der Waals surface area contributed by atoms with Crippen molar-refractivity contribution < 1.29 is 24.2 Å². The summed E-state index contributed by atoms with van der Waals surface area (Å²) in [6.07, 6.45) is 3.30. The molecule has 0 spiro atoms. The van der Waals surface area contributed by atoms with E-state index in [1.807, 2.05) is 18.2 Å². The molecule has 2 aromatic rings. The van der Waals surface area contributed by atoms with Gasteiger partial charge in [-0.15, -0.1) is 6.58 Å². The SMILES string of the molecule is C=CCOCC(NC(=O)Cc1c[nH]c2ccc(OC)cc12)C(=O)O. The van der Waals surface area contributed by atoms with Crippen LogP contribution in [-0.2, 0) is 20.7 Å². The standard InChI is InChI=1S/C17H20N2O5/c1-3-6-24-10-15(17(21)22)19-16(20)7-11-9-18-14-5-4-12(23-2)8-13(11)14/h3-5,8-9,15,18H,1,6-7,10H2,2H3,(H,19,20)(H,21,22). The van der Waals surface area contributed by atoms with Crippen LogP contribution in [0.25, 0.3) is 10.9 Å². The fourth-order valence-corrected chi connectivity index (χ4v) is 2.29. The minimum absolute atomic E-state index is 0.0540. The number of nitrogens with one attached hydrogen (secondary N) is 2. The first-order chi connectivity index (χ1) is 11.5. The van der Waals surface area contributed by atoms with Crippen molar-refractivity contribution in [3.05, 3.63) is 42.6 Å². The van der Waals surface area contributed by atoms with Gasteiger partial charge in [-0.05, 0) is 23.8 Å². The van der Waals surface area contributed by atoms with Crippen LogP contribution < -0.4 is 10.1 Å². The summed E-state index contributed by atoms with van der Waals surface area (Å²) >= 11 is 0. The van der Waals surface area contributed by atoms with E-state index in [0.717, 1.165) is 16.5 Å². The Morgan fingerprint density at radius 3 is 2.92 bits per heavy atom. The molecule has 1 atom stereocenters. The molecule has 2 rings (SSSR count). The number of hydrogen-bond acceptors (Lipinski definition) is 4. The average Bonchev–Trinajstić information content (AvgIpc) is 2.96. The number of amides is 1. The van der Waals surface area contributed by atoms with E-state index in [-0.39, 0.29) is 19.6 Å². The number of aromatic amines is 1. The molecule has 0 fully saturated rings. The maximum Gasteiger partial charge on any atom is 0.328 e. The molecule has 128 valence electrons. The Kier molecular flexibility index (Phi) is 5.97. The van der Waals surface area contributed by atoms with Crippen molar-refractivity contribution in [3.63, 3.8) is 0 Å². The van der Waals surface area contributed by atoms with Crippen LogP contribution in [0.15, 0.2) is 37.1 Å². The molecule has 0 radical (unpaired) electrons. The third-order valence-corrected chi connectivity index (χ3v) is 3.48. The molecule has 0 aliphatic carbocycles. The lowest BCUT2D eigenvalue weighted by Gasteiger charge is -2.14. The first-order valence-electron chi connectivity index (χ1n) is 7.40. The van der Waals surface area contributed by atoms with Gasteiger partial charge in [0, 0.05) is 17.1 Å². The van der Waals surface area contributed by atoms with Crippen molar-refractivity contribution in [2.24, 2.45) is 0 Å². The number of carboxylic acid groups (broad SMARTS) is 1. The van der Waals surface area contributed by atoms with Gasteiger partial charge in [0.15, 0.2) is 6.04 Å². The molecule has 1 aromatic heterocycles. The van der Waals surface area contributed by atoms with E-state index in [2.05, 4.69) is 16.9 Å². The number of H-pyrrole nitrogens is 1. The van der Waals surface area contributed by atoms with Gasteiger partial charge >= 0.3 is 5.97 Å². The quantitative estimate of drug-likeness (QED) is 0.477. The van der Waals surface area contributed by atoms with Crippen LogP contribution in [0.1, 0.15) is 5.56 Å². The first kappa shape index (κ1) is 17.6. The number of carboxylic acids is 1.